The highest BCUT2D eigenvalue weighted by Crippen LogP contribution is 2.30. The van der Waals surface area contributed by atoms with Crippen molar-refractivity contribution < 1.29 is 13.9 Å². The van der Waals surface area contributed by atoms with E-state index >= 15 is 0 Å². The van der Waals surface area contributed by atoms with Crippen molar-refractivity contribution in [2.75, 3.05) is 36.0 Å². The molecular formula is C20H23FN4O2. The van der Waals surface area contributed by atoms with Crippen LogP contribution in [0.2, 0.25) is 0 Å². The second kappa shape index (κ2) is 8.58. The number of benzene rings is 1. The third-order valence-electron chi connectivity index (χ3n) is 4.76. The number of halogens is 1. The number of nitriles is 1. The number of piperidine rings is 1. The van der Waals surface area contributed by atoms with Crippen molar-refractivity contribution in [3.63, 3.8) is 0 Å². The van der Waals surface area contributed by atoms with Gasteiger partial charge in [0.15, 0.2) is 0 Å². The summed E-state index contributed by atoms with van der Waals surface area (Å²) < 4.78 is 20.0. The van der Waals surface area contributed by atoms with Gasteiger partial charge in [-0.05, 0) is 44.2 Å². The smallest absolute Gasteiger partial charge is 0.414 e. The van der Waals surface area contributed by atoms with Crippen LogP contribution in [0.25, 0.3) is 0 Å². The molecule has 0 spiro atoms. The predicted octanol–water partition coefficient (Wildman–Crippen LogP) is 3.32. The monoisotopic (exact) mass is 370 g/mol. The molecule has 1 amide bonds. The summed E-state index contributed by atoms with van der Waals surface area (Å²) in [6.07, 6.45) is 6.02. The summed E-state index contributed by atoms with van der Waals surface area (Å²) in [4.78, 5) is 15.5. The fourth-order valence-electron chi connectivity index (χ4n) is 3.35. The number of rotatable bonds is 5. The minimum absolute atomic E-state index is 0.274. The van der Waals surface area contributed by atoms with Crippen molar-refractivity contribution in [3.05, 3.63) is 47.9 Å². The molecule has 0 aromatic heterocycles. The molecule has 1 atom stereocenters. The number of allylic oxidation sites excluding steroid dienone is 2. The van der Waals surface area contributed by atoms with Gasteiger partial charge in [0, 0.05) is 19.2 Å². The Balaban J connectivity index is 1.66. The Hall–Kier alpha value is -3.01. The van der Waals surface area contributed by atoms with E-state index in [9.17, 15) is 9.18 Å². The van der Waals surface area contributed by atoms with Gasteiger partial charge < -0.3 is 15.0 Å². The number of cyclic esters (lactones) is 1. The Bertz CT molecular complexity index is 790. The molecule has 2 aliphatic heterocycles. The largest absolute Gasteiger partial charge is 0.442 e. The quantitative estimate of drug-likeness (QED) is 0.806. The van der Waals surface area contributed by atoms with Crippen LogP contribution < -0.4 is 15.1 Å². The molecule has 0 bridgehead atoms. The van der Waals surface area contributed by atoms with E-state index < -0.39 is 6.09 Å². The molecule has 7 heteroatoms. The van der Waals surface area contributed by atoms with Crippen LogP contribution in [0.4, 0.5) is 20.6 Å². The standard InChI is InChI=1S/C20H23FN4O2/c1-2-9-23-13-17-14-25(20(26)27-17)16-3-4-19(18(21)12-16)24-10-6-15(5-8-22)7-11-24/h2-5,9,12,17,23H,6-7,10-11,13-14H2,1H3/t17-/m0/s1. The first kappa shape index (κ1) is 18.8. The second-order valence-corrected chi connectivity index (χ2v) is 6.58. The molecule has 0 aliphatic carbocycles. The van der Waals surface area contributed by atoms with E-state index in [0.29, 0.717) is 37.6 Å². The zero-order valence-corrected chi connectivity index (χ0v) is 15.3. The van der Waals surface area contributed by atoms with Crippen molar-refractivity contribution in [3.8, 4) is 6.07 Å². The maximum Gasteiger partial charge on any atom is 0.414 e. The molecule has 1 aromatic carbocycles. The molecule has 2 aliphatic rings. The normalized spacial score (nSPS) is 20.0. The number of carbonyl (C=O) groups is 1. The van der Waals surface area contributed by atoms with Crippen LogP contribution in [0.1, 0.15) is 19.8 Å². The van der Waals surface area contributed by atoms with Crippen LogP contribution in [0.15, 0.2) is 42.1 Å². The van der Waals surface area contributed by atoms with E-state index in [0.717, 1.165) is 18.4 Å². The molecule has 0 unspecified atom stereocenters. The van der Waals surface area contributed by atoms with Crippen LogP contribution in [-0.2, 0) is 4.74 Å². The highest BCUT2D eigenvalue weighted by atomic mass is 19.1. The SMILES string of the molecule is CC=CNC[C@H]1CN(c2ccc(N3CCC(=CC#N)CC3)c(F)c2)C(=O)O1. The molecule has 0 radical (unpaired) electrons. The zero-order valence-electron chi connectivity index (χ0n) is 15.3. The first-order chi connectivity index (χ1) is 13.1. The van der Waals surface area contributed by atoms with Gasteiger partial charge in [-0.25, -0.2) is 9.18 Å². The van der Waals surface area contributed by atoms with Gasteiger partial charge in [-0.1, -0.05) is 11.6 Å². The summed E-state index contributed by atoms with van der Waals surface area (Å²) in [6.45, 7) is 4.14. The lowest BCUT2D eigenvalue weighted by Gasteiger charge is -2.30. The fourth-order valence-corrected chi connectivity index (χ4v) is 3.35. The number of nitrogens with one attached hydrogen (secondary N) is 1. The van der Waals surface area contributed by atoms with Gasteiger partial charge in [-0.2, -0.15) is 5.26 Å². The fraction of sp³-hybridized carbons (Fsp3) is 0.400. The number of hydrogen-bond donors (Lipinski definition) is 1. The lowest BCUT2D eigenvalue weighted by molar-refractivity contribution is 0.142. The third-order valence-corrected chi connectivity index (χ3v) is 4.76. The lowest BCUT2D eigenvalue weighted by Crippen LogP contribution is -2.31. The van der Waals surface area contributed by atoms with Crippen molar-refractivity contribution in [1.82, 2.24) is 5.32 Å². The van der Waals surface area contributed by atoms with E-state index in [4.69, 9.17) is 10.00 Å². The van der Waals surface area contributed by atoms with Gasteiger partial charge in [0.2, 0.25) is 0 Å². The Kier molecular flexibility index (Phi) is 5.97. The molecule has 2 saturated heterocycles. The van der Waals surface area contributed by atoms with Gasteiger partial charge in [0.1, 0.15) is 11.9 Å². The van der Waals surface area contributed by atoms with Crippen molar-refractivity contribution >= 4 is 17.5 Å². The molecule has 6 nitrogen and oxygen atoms in total. The van der Waals surface area contributed by atoms with Gasteiger partial charge in [0.25, 0.3) is 0 Å². The predicted molar refractivity (Wildman–Crippen MR) is 102 cm³/mol. The molecule has 3 rings (SSSR count). The molecule has 1 aromatic rings. The Morgan fingerprint density at radius 3 is 2.85 bits per heavy atom. The first-order valence-electron chi connectivity index (χ1n) is 9.07. The average Bonchev–Trinajstić information content (AvgIpc) is 3.03. The number of amides is 1. The van der Waals surface area contributed by atoms with Crippen LogP contribution in [-0.4, -0.2) is 38.4 Å². The maximum absolute atomic E-state index is 14.7. The van der Waals surface area contributed by atoms with Crippen LogP contribution in [0.3, 0.4) is 0 Å². The topological polar surface area (TPSA) is 68.6 Å². The summed E-state index contributed by atoms with van der Waals surface area (Å²) in [6, 6.07) is 6.90. The molecule has 1 N–H and O–H groups in total. The number of hydrogen-bond acceptors (Lipinski definition) is 5. The first-order valence-corrected chi connectivity index (χ1v) is 9.07. The van der Waals surface area contributed by atoms with E-state index in [1.54, 1.807) is 24.4 Å². The summed E-state index contributed by atoms with van der Waals surface area (Å²) in [5.41, 5.74) is 2.12. The van der Waals surface area contributed by atoms with E-state index in [1.807, 2.05) is 17.9 Å². The van der Waals surface area contributed by atoms with Gasteiger partial charge in [-0.15, -0.1) is 0 Å². The summed E-state index contributed by atoms with van der Waals surface area (Å²) in [7, 11) is 0. The zero-order chi connectivity index (χ0) is 19.2. The molecule has 27 heavy (non-hydrogen) atoms. The molecule has 2 heterocycles. The number of ether oxygens (including phenoxy) is 1. The Morgan fingerprint density at radius 1 is 1.41 bits per heavy atom. The van der Waals surface area contributed by atoms with Crippen LogP contribution in [0.5, 0.6) is 0 Å². The van der Waals surface area contributed by atoms with Gasteiger partial charge >= 0.3 is 6.09 Å². The average molecular weight is 370 g/mol. The molecule has 142 valence electrons. The van der Waals surface area contributed by atoms with E-state index in [-0.39, 0.29) is 11.9 Å². The van der Waals surface area contributed by atoms with Crippen molar-refractivity contribution in [2.24, 2.45) is 0 Å². The number of anilines is 2. The maximum atomic E-state index is 14.7. The summed E-state index contributed by atoms with van der Waals surface area (Å²) in [5, 5.41) is 11.8. The minimum atomic E-state index is -0.460. The van der Waals surface area contributed by atoms with Gasteiger partial charge in [-0.3, -0.25) is 4.90 Å². The minimum Gasteiger partial charge on any atom is -0.442 e. The Labute approximate surface area is 158 Å². The van der Waals surface area contributed by atoms with Crippen molar-refractivity contribution in [1.29, 1.82) is 5.26 Å². The highest BCUT2D eigenvalue weighted by Gasteiger charge is 2.32. The third kappa shape index (κ3) is 4.40. The number of nitrogens with zero attached hydrogens (tertiary/aromatic N) is 3. The summed E-state index contributed by atoms with van der Waals surface area (Å²) in [5.74, 6) is -0.358. The van der Waals surface area contributed by atoms with Crippen LogP contribution in [0, 0.1) is 17.1 Å². The van der Waals surface area contributed by atoms with Gasteiger partial charge in [0.05, 0.1) is 30.5 Å². The summed E-state index contributed by atoms with van der Waals surface area (Å²) >= 11 is 0. The molecule has 0 saturated carbocycles. The molecule has 2 fully saturated rings. The van der Waals surface area contributed by atoms with Crippen molar-refractivity contribution in [2.45, 2.75) is 25.9 Å². The number of carbonyl (C=O) groups excluding carboxylic acids is 1. The second-order valence-electron chi connectivity index (χ2n) is 6.58. The Morgan fingerprint density at radius 2 is 2.19 bits per heavy atom. The molecular weight excluding hydrogens is 347 g/mol. The lowest BCUT2D eigenvalue weighted by atomic mass is 10.0. The van der Waals surface area contributed by atoms with E-state index in [1.165, 1.54) is 11.0 Å². The van der Waals surface area contributed by atoms with E-state index in [2.05, 4.69) is 11.4 Å². The highest BCUT2D eigenvalue weighted by molar-refractivity contribution is 5.90. The van der Waals surface area contributed by atoms with Crippen LogP contribution >= 0.6 is 0 Å².